The Morgan fingerprint density at radius 3 is 2.84 bits per heavy atom. The van der Waals surface area contributed by atoms with E-state index in [1.807, 2.05) is 18.3 Å². The van der Waals surface area contributed by atoms with Crippen molar-refractivity contribution in [1.29, 1.82) is 0 Å². The average Bonchev–Trinajstić information content (AvgIpc) is 3.25. The van der Waals surface area contributed by atoms with Crippen LogP contribution in [0.1, 0.15) is 19.8 Å². The number of fused-ring (bicyclic) bond motifs is 1. The van der Waals surface area contributed by atoms with E-state index in [4.69, 9.17) is 5.73 Å². The van der Waals surface area contributed by atoms with E-state index in [-0.39, 0.29) is 5.54 Å². The van der Waals surface area contributed by atoms with Gasteiger partial charge in [0.1, 0.15) is 5.82 Å². The molecule has 1 aliphatic rings. The number of nitrogens with two attached hydrogens (primary N) is 1. The zero-order valence-corrected chi connectivity index (χ0v) is 12.6. The molecule has 100 valence electrons. The largest absolute Gasteiger partial charge is 0.363 e. The fourth-order valence-corrected chi connectivity index (χ4v) is 3.08. The molecule has 3 nitrogen and oxygen atoms in total. The Hall–Kier alpha value is -1.13. The lowest BCUT2D eigenvalue weighted by Gasteiger charge is -2.30. The highest BCUT2D eigenvalue weighted by atomic mass is 79.9. The molecule has 0 bridgehead atoms. The highest BCUT2D eigenvalue weighted by molar-refractivity contribution is 9.10. The van der Waals surface area contributed by atoms with Gasteiger partial charge in [-0.3, -0.25) is 0 Å². The molecule has 2 aromatic rings. The highest BCUT2D eigenvalue weighted by Crippen LogP contribution is 2.41. The molecule has 1 aromatic carbocycles. The van der Waals surface area contributed by atoms with Crippen LogP contribution in [0.15, 0.2) is 34.9 Å². The summed E-state index contributed by atoms with van der Waals surface area (Å²) in [5.41, 5.74) is 5.92. The van der Waals surface area contributed by atoms with Crippen molar-refractivity contribution < 1.29 is 0 Å². The molecule has 1 heterocycles. The first kappa shape index (κ1) is 12.9. The van der Waals surface area contributed by atoms with Crippen molar-refractivity contribution in [2.45, 2.75) is 25.3 Å². The number of anilines is 1. The summed E-state index contributed by atoms with van der Waals surface area (Å²) in [5, 5.41) is 5.89. The molecule has 1 saturated carbocycles. The van der Waals surface area contributed by atoms with E-state index in [1.54, 1.807) is 0 Å². The predicted molar refractivity (Wildman–Crippen MR) is 83.2 cm³/mol. The van der Waals surface area contributed by atoms with Crippen molar-refractivity contribution in [3.05, 3.63) is 34.9 Å². The molecule has 19 heavy (non-hydrogen) atoms. The second-order valence-electron chi connectivity index (χ2n) is 5.52. The van der Waals surface area contributed by atoms with Crippen LogP contribution in [0.3, 0.4) is 0 Å². The van der Waals surface area contributed by atoms with E-state index < -0.39 is 0 Å². The predicted octanol–water partition coefficient (Wildman–Crippen LogP) is 3.54. The minimum absolute atomic E-state index is 0.0520. The number of hydrogen-bond donors (Lipinski definition) is 2. The summed E-state index contributed by atoms with van der Waals surface area (Å²) in [6.45, 7) is 2.83. The molecule has 4 heteroatoms. The molecule has 0 radical (unpaired) electrons. The first-order chi connectivity index (χ1) is 9.14. The molecule has 0 spiro atoms. The Morgan fingerprint density at radius 1 is 1.37 bits per heavy atom. The van der Waals surface area contributed by atoms with E-state index in [0.29, 0.717) is 12.5 Å². The number of pyridine rings is 1. The van der Waals surface area contributed by atoms with E-state index in [1.165, 1.54) is 18.2 Å². The number of rotatable bonds is 4. The molecule has 3 rings (SSSR count). The third kappa shape index (κ3) is 2.35. The van der Waals surface area contributed by atoms with Crippen LogP contribution in [0, 0.1) is 5.92 Å². The molecule has 0 amide bonds. The van der Waals surface area contributed by atoms with Crippen molar-refractivity contribution in [2.75, 3.05) is 11.9 Å². The van der Waals surface area contributed by atoms with E-state index in [2.05, 4.69) is 45.3 Å². The molecule has 1 unspecified atom stereocenters. The van der Waals surface area contributed by atoms with Crippen LogP contribution in [-0.4, -0.2) is 17.1 Å². The molecule has 1 aromatic heterocycles. The molecule has 3 N–H and O–H groups in total. The molecule has 0 saturated heterocycles. The Labute approximate surface area is 121 Å². The minimum Gasteiger partial charge on any atom is -0.363 e. The first-order valence-corrected chi connectivity index (χ1v) is 7.45. The fraction of sp³-hybridized carbons (Fsp3) is 0.400. The Bertz CT molecular complexity index is 609. The Balaban J connectivity index is 2.03. The van der Waals surface area contributed by atoms with Gasteiger partial charge < -0.3 is 11.1 Å². The Morgan fingerprint density at radius 2 is 2.16 bits per heavy atom. The lowest BCUT2D eigenvalue weighted by molar-refractivity contribution is 0.458. The molecular weight excluding hydrogens is 302 g/mol. The van der Waals surface area contributed by atoms with Gasteiger partial charge in [0.2, 0.25) is 0 Å². The SMILES string of the molecule is CC(CN)(Nc1nccc2c(Br)cccc12)C1CC1. The summed E-state index contributed by atoms with van der Waals surface area (Å²) in [4.78, 5) is 4.50. The summed E-state index contributed by atoms with van der Waals surface area (Å²) in [7, 11) is 0. The molecule has 1 atom stereocenters. The van der Waals surface area contributed by atoms with Crippen LogP contribution in [0.4, 0.5) is 5.82 Å². The third-order valence-electron chi connectivity index (χ3n) is 4.06. The maximum Gasteiger partial charge on any atom is 0.134 e. The molecule has 1 aliphatic carbocycles. The van der Waals surface area contributed by atoms with Crippen LogP contribution in [0.25, 0.3) is 10.8 Å². The molecule has 1 fully saturated rings. The smallest absolute Gasteiger partial charge is 0.134 e. The van der Waals surface area contributed by atoms with Crippen molar-refractivity contribution in [2.24, 2.45) is 11.7 Å². The van der Waals surface area contributed by atoms with Gasteiger partial charge in [-0.05, 0) is 37.8 Å². The van der Waals surface area contributed by atoms with Crippen molar-refractivity contribution in [3.8, 4) is 0 Å². The number of benzene rings is 1. The van der Waals surface area contributed by atoms with Gasteiger partial charge in [-0.25, -0.2) is 4.98 Å². The number of aromatic nitrogens is 1. The lowest BCUT2D eigenvalue weighted by atomic mass is 9.95. The average molecular weight is 320 g/mol. The van der Waals surface area contributed by atoms with Gasteiger partial charge in [-0.15, -0.1) is 0 Å². The molecule has 0 aliphatic heterocycles. The van der Waals surface area contributed by atoms with Crippen molar-refractivity contribution >= 4 is 32.5 Å². The van der Waals surface area contributed by atoms with Gasteiger partial charge in [-0.2, -0.15) is 0 Å². The fourth-order valence-electron chi connectivity index (χ4n) is 2.58. The van der Waals surface area contributed by atoms with E-state index in [0.717, 1.165) is 15.7 Å². The quantitative estimate of drug-likeness (QED) is 0.906. The Kier molecular flexibility index (Phi) is 3.23. The zero-order valence-electron chi connectivity index (χ0n) is 11.0. The number of halogens is 1. The highest BCUT2D eigenvalue weighted by Gasteiger charge is 2.40. The van der Waals surface area contributed by atoms with Crippen LogP contribution in [0.2, 0.25) is 0 Å². The zero-order chi connectivity index (χ0) is 13.5. The van der Waals surface area contributed by atoms with E-state index >= 15 is 0 Å². The maximum absolute atomic E-state index is 5.97. The summed E-state index contributed by atoms with van der Waals surface area (Å²) in [5.74, 6) is 1.60. The van der Waals surface area contributed by atoms with Gasteiger partial charge >= 0.3 is 0 Å². The third-order valence-corrected chi connectivity index (χ3v) is 4.75. The number of nitrogens with zero attached hydrogens (tertiary/aromatic N) is 1. The monoisotopic (exact) mass is 319 g/mol. The van der Waals surface area contributed by atoms with Gasteiger partial charge in [0.25, 0.3) is 0 Å². The maximum atomic E-state index is 5.97. The van der Waals surface area contributed by atoms with Gasteiger partial charge in [0.05, 0.1) is 5.54 Å². The normalized spacial score (nSPS) is 18.3. The van der Waals surface area contributed by atoms with Crippen LogP contribution < -0.4 is 11.1 Å². The van der Waals surface area contributed by atoms with Crippen LogP contribution >= 0.6 is 15.9 Å². The second kappa shape index (κ2) is 4.76. The van der Waals surface area contributed by atoms with Gasteiger partial charge in [0.15, 0.2) is 0 Å². The summed E-state index contributed by atoms with van der Waals surface area (Å²) < 4.78 is 1.09. The minimum atomic E-state index is -0.0520. The first-order valence-electron chi connectivity index (χ1n) is 6.65. The van der Waals surface area contributed by atoms with Gasteiger partial charge in [-0.1, -0.05) is 28.1 Å². The van der Waals surface area contributed by atoms with Gasteiger partial charge in [0, 0.05) is 28.0 Å². The summed E-state index contributed by atoms with van der Waals surface area (Å²) >= 11 is 3.59. The van der Waals surface area contributed by atoms with Crippen LogP contribution in [0.5, 0.6) is 0 Å². The summed E-state index contributed by atoms with van der Waals surface area (Å²) in [6.07, 6.45) is 4.36. The number of nitrogens with one attached hydrogen (secondary N) is 1. The summed E-state index contributed by atoms with van der Waals surface area (Å²) in [6, 6.07) is 8.21. The van der Waals surface area contributed by atoms with Crippen molar-refractivity contribution in [1.82, 2.24) is 4.98 Å². The second-order valence-corrected chi connectivity index (χ2v) is 6.37. The molecular formula is C15H18BrN3. The number of hydrogen-bond acceptors (Lipinski definition) is 3. The van der Waals surface area contributed by atoms with Crippen LogP contribution in [-0.2, 0) is 0 Å². The lowest BCUT2D eigenvalue weighted by Crippen LogP contribution is -2.44. The topological polar surface area (TPSA) is 50.9 Å². The van der Waals surface area contributed by atoms with E-state index in [9.17, 15) is 0 Å². The standard InChI is InChI=1S/C15H18BrN3/c1-15(9-17,10-5-6-10)19-14-12-3-2-4-13(16)11(12)7-8-18-14/h2-4,7-8,10H,5-6,9,17H2,1H3,(H,18,19). The van der Waals surface area contributed by atoms with Crippen molar-refractivity contribution in [3.63, 3.8) is 0 Å².